The monoisotopic (exact) mass is 330 g/mol. The maximum Gasteiger partial charge on any atom is 0.249 e. The lowest BCUT2D eigenvalue weighted by Gasteiger charge is -2.32. The van der Waals surface area contributed by atoms with Crippen LogP contribution in [0, 0.1) is 5.92 Å². The van der Waals surface area contributed by atoms with Gasteiger partial charge >= 0.3 is 0 Å². The molecule has 2 heterocycles. The quantitative estimate of drug-likeness (QED) is 0.885. The van der Waals surface area contributed by atoms with Gasteiger partial charge in [-0.3, -0.25) is 9.69 Å². The molecule has 5 heteroatoms. The van der Waals surface area contributed by atoms with Gasteiger partial charge in [0.15, 0.2) is 0 Å². The van der Waals surface area contributed by atoms with E-state index >= 15 is 0 Å². The van der Waals surface area contributed by atoms with Crippen molar-refractivity contribution in [1.82, 2.24) is 4.90 Å². The third-order valence-electron chi connectivity index (χ3n) is 4.15. The average Bonchev–Trinajstić information content (AvgIpc) is 3.03. The highest BCUT2D eigenvalue weighted by atomic mass is 32.1. The summed E-state index contributed by atoms with van der Waals surface area (Å²) < 4.78 is 5.89. The van der Waals surface area contributed by atoms with Gasteiger partial charge in [-0.25, -0.2) is 0 Å². The van der Waals surface area contributed by atoms with Crippen LogP contribution < -0.4 is 10.5 Å². The van der Waals surface area contributed by atoms with Crippen molar-refractivity contribution in [2.75, 3.05) is 19.7 Å². The minimum absolute atomic E-state index is 0.347. The molecular weight excluding hydrogens is 308 g/mol. The lowest BCUT2D eigenvalue weighted by atomic mass is 9.99. The topological polar surface area (TPSA) is 55.6 Å². The van der Waals surface area contributed by atoms with Crippen LogP contribution in [-0.2, 0) is 6.54 Å². The van der Waals surface area contributed by atoms with Gasteiger partial charge in [-0.05, 0) is 37.6 Å². The number of hydrogen-bond acceptors (Lipinski definition) is 4. The molecule has 0 spiro atoms. The van der Waals surface area contributed by atoms with Crippen molar-refractivity contribution in [3.05, 3.63) is 52.2 Å². The van der Waals surface area contributed by atoms with Crippen LogP contribution in [0.4, 0.5) is 0 Å². The molecule has 1 fully saturated rings. The average molecular weight is 330 g/mol. The minimum Gasteiger partial charge on any atom is -0.493 e. The van der Waals surface area contributed by atoms with Gasteiger partial charge in [0.1, 0.15) is 5.75 Å². The second-order valence-corrected chi connectivity index (χ2v) is 7.03. The molecule has 2 N–H and O–H groups in total. The highest BCUT2D eigenvalue weighted by molar-refractivity contribution is 7.10. The summed E-state index contributed by atoms with van der Waals surface area (Å²) >= 11 is 1.61. The molecule has 1 aromatic carbocycles. The lowest BCUT2D eigenvalue weighted by molar-refractivity contribution is 0.100. The first-order valence-electron chi connectivity index (χ1n) is 7.98. The number of benzene rings is 1. The van der Waals surface area contributed by atoms with E-state index in [-0.39, 0.29) is 5.91 Å². The SMILES string of the molecule is NC(=O)c1csc(CN2CCCC(COc3ccccc3)C2)c1. The van der Waals surface area contributed by atoms with Crippen LogP contribution in [0.2, 0.25) is 0 Å². The minimum atomic E-state index is -0.347. The van der Waals surface area contributed by atoms with Crippen molar-refractivity contribution < 1.29 is 9.53 Å². The number of amides is 1. The number of hydrogen-bond donors (Lipinski definition) is 1. The molecule has 1 amide bonds. The summed E-state index contributed by atoms with van der Waals surface area (Å²) in [4.78, 5) is 14.8. The van der Waals surface area contributed by atoms with Crippen LogP contribution in [0.5, 0.6) is 5.75 Å². The van der Waals surface area contributed by atoms with Crippen molar-refractivity contribution in [3.63, 3.8) is 0 Å². The number of primary amides is 1. The molecule has 0 bridgehead atoms. The standard InChI is InChI=1S/C18H22N2O2S/c19-18(21)15-9-17(23-13-15)11-20-8-4-5-14(10-20)12-22-16-6-2-1-3-7-16/h1-3,6-7,9,13-14H,4-5,8,10-12H2,(H2,19,21). The predicted molar refractivity (Wildman–Crippen MR) is 92.8 cm³/mol. The van der Waals surface area contributed by atoms with Gasteiger partial charge in [-0.2, -0.15) is 0 Å². The summed E-state index contributed by atoms with van der Waals surface area (Å²) in [5.74, 6) is 1.15. The summed E-state index contributed by atoms with van der Waals surface area (Å²) in [5, 5.41) is 1.84. The number of carbonyl (C=O) groups excluding carboxylic acids is 1. The second kappa shape index (κ2) is 7.62. The van der Waals surface area contributed by atoms with Crippen LogP contribution in [0.25, 0.3) is 0 Å². The van der Waals surface area contributed by atoms with Crippen molar-refractivity contribution in [2.24, 2.45) is 11.7 Å². The molecule has 1 aliphatic heterocycles. The van der Waals surface area contributed by atoms with Crippen LogP contribution in [0.3, 0.4) is 0 Å². The molecule has 0 saturated carbocycles. The molecule has 122 valence electrons. The summed E-state index contributed by atoms with van der Waals surface area (Å²) in [6.07, 6.45) is 2.40. The Kier molecular flexibility index (Phi) is 5.31. The highest BCUT2D eigenvalue weighted by Gasteiger charge is 2.21. The number of piperidine rings is 1. The molecule has 4 nitrogen and oxygen atoms in total. The van der Waals surface area contributed by atoms with E-state index in [0.29, 0.717) is 11.5 Å². The first kappa shape index (κ1) is 16.0. The van der Waals surface area contributed by atoms with E-state index in [4.69, 9.17) is 10.5 Å². The third-order valence-corrected chi connectivity index (χ3v) is 5.07. The van der Waals surface area contributed by atoms with Crippen molar-refractivity contribution >= 4 is 17.2 Å². The molecule has 0 radical (unpaired) electrons. The number of thiophene rings is 1. The maximum absolute atomic E-state index is 11.2. The van der Waals surface area contributed by atoms with E-state index in [0.717, 1.165) is 32.0 Å². The Hall–Kier alpha value is -1.85. The van der Waals surface area contributed by atoms with Gasteiger partial charge in [-0.15, -0.1) is 11.3 Å². The predicted octanol–water partition coefficient (Wildman–Crippen LogP) is 3.14. The highest BCUT2D eigenvalue weighted by Crippen LogP contribution is 2.22. The van der Waals surface area contributed by atoms with E-state index in [2.05, 4.69) is 4.90 Å². The summed E-state index contributed by atoms with van der Waals surface area (Å²) in [6, 6.07) is 11.9. The van der Waals surface area contributed by atoms with Gasteiger partial charge in [0.25, 0.3) is 0 Å². The summed E-state index contributed by atoms with van der Waals surface area (Å²) in [7, 11) is 0. The van der Waals surface area contributed by atoms with E-state index in [1.54, 1.807) is 11.3 Å². The third kappa shape index (κ3) is 4.56. The van der Waals surface area contributed by atoms with E-state index in [9.17, 15) is 4.79 Å². The number of carbonyl (C=O) groups is 1. The Morgan fingerprint density at radius 1 is 1.35 bits per heavy atom. The van der Waals surface area contributed by atoms with Gasteiger partial charge in [0.2, 0.25) is 5.91 Å². The number of rotatable bonds is 6. The molecule has 2 aromatic rings. The Morgan fingerprint density at radius 3 is 2.91 bits per heavy atom. The number of nitrogens with two attached hydrogens (primary N) is 1. The number of likely N-dealkylation sites (tertiary alicyclic amines) is 1. The van der Waals surface area contributed by atoms with Crippen molar-refractivity contribution in [1.29, 1.82) is 0 Å². The molecule has 1 aliphatic rings. The first-order chi connectivity index (χ1) is 11.2. The first-order valence-corrected chi connectivity index (χ1v) is 8.86. The Bertz CT molecular complexity index is 641. The molecule has 1 atom stereocenters. The summed E-state index contributed by atoms with van der Waals surface area (Å²) in [6.45, 7) is 3.79. The normalized spacial score (nSPS) is 18.7. The molecular formula is C18H22N2O2S. The smallest absolute Gasteiger partial charge is 0.249 e. The number of nitrogens with zero attached hydrogens (tertiary/aromatic N) is 1. The molecule has 1 saturated heterocycles. The van der Waals surface area contributed by atoms with Gasteiger partial charge in [0, 0.05) is 29.3 Å². The van der Waals surface area contributed by atoms with Crippen molar-refractivity contribution in [2.45, 2.75) is 19.4 Å². The lowest BCUT2D eigenvalue weighted by Crippen LogP contribution is -2.37. The van der Waals surface area contributed by atoms with Crippen molar-refractivity contribution in [3.8, 4) is 5.75 Å². The van der Waals surface area contributed by atoms with Crippen LogP contribution in [0.15, 0.2) is 41.8 Å². The maximum atomic E-state index is 11.2. The van der Waals surface area contributed by atoms with Crippen LogP contribution in [0.1, 0.15) is 28.1 Å². The fourth-order valence-corrected chi connectivity index (χ4v) is 3.89. The fourth-order valence-electron chi connectivity index (χ4n) is 2.97. The molecule has 1 unspecified atom stereocenters. The molecule has 23 heavy (non-hydrogen) atoms. The van der Waals surface area contributed by atoms with Gasteiger partial charge in [0.05, 0.1) is 12.2 Å². The van der Waals surface area contributed by atoms with Gasteiger partial charge in [-0.1, -0.05) is 18.2 Å². The zero-order valence-corrected chi connectivity index (χ0v) is 13.9. The van der Waals surface area contributed by atoms with E-state index in [1.165, 1.54) is 17.7 Å². The largest absolute Gasteiger partial charge is 0.493 e. The summed E-state index contributed by atoms with van der Waals surface area (Å²) in [5.41, 5.74) is 5.93. The molecule has 1 aromatic heterocycles. The Labute approximate surface area is 140 Å². The second-order valence-electron chi connectivity index (χ2n) is 6.03. The van der Waals surface area contributed by atoms with Gasteiger partial charge < -0.3 is 10.5 Å². The number of para-hydroxylation sites is 1. The molecule has 3 rings (SSSR count). The van der Waals surface area contributed by atoms with E-state index in [1.807, 2.05) is 41.8 Å². The molecule has 0 aliphatic carbocycles. The zero-order chi connectivity index (χ0) is 16.1. The van der Waals surface area contributed by atoms with E-state index < -0.39 is 0 Å². The van der Waals surface area contributed by atoms with Crippen LogP contribution in [-0.4, -0.2) is 30.5 Å². The fraction of sp³-hybridized carbons (Fsp3) is 0.389. The Balaban J connectivity index is 1.50. The van der Waals surface area contributed by atoms with Crippen LogP contribution >= 0.6 is 11.3 Å². The zero-order valence-electron chi connectivity index (χ0n) is 13.1. The Morgan fingerprint density at radius 2 is 2.17 bits per heavy atom. The number of ether oxygens (including phenoxy) is 1.